The fourth-order valence-electron chi connectivity index (χ4n) is 1.72. The number of anilines is 1. The molecule has 0 aliphatic heterocycles. The van der Waals surface area contributed by atoms with Gasteiger partial charge >= 0.3 is 5.97 Å². The Bertz CT molecular complexity index is 624. The summed E-state index contributed by atoms with van der Waals surface area (Å²) in [6, 6.07) is 17.7. The third kappa shape index (κ3) is 4.33. The summed E-state index contributed by atoms with van der Waals surface area (Å²) in [6.07, 6.45) is 0. The van der Waals surface area contributed by atoms with Gasteiger partial charge in [-0.3, -0.25) is 5.43 Å². The van der Waals surface area contributed by atoms with E-state index in [-0.39, 0.29) is 11.8 Å². The second-order valence-electron chi connectivity index (χ2n) is 4.18. The number of benzene rings is 2. The molecule has 2 aromatic carbocycles. The highest BCUT2D eigenvalue weighted by molar-refractivity contribution is 6.82. The third-order valence-corrected chi connectivity index (χ3v) is 2.96. The average molecular weight is 303 g/mol. The van der Waals surface area contributed by atoms with Crippen LogP contribution in [0.5, 0.6) is 0 Å². The number of nitrogens with one attached hydrogen (secondary N) is 1. The van der Waals surface area contributed by atoms with Crippen molar-refractivity contribution in [3.8, 4) is 11.1 Å². The van der Waals surface area contributed by atoms with Gasteiger partial charge in [0, 0.05) is 0 Å². The Morgan fingerprint density at radius 2 is 1.71 bits per heavy atom. The van der Waals surface area contributed by atoms with E-state index in [9.17, 15) is 4.79 Å². The first-order valence-corrected chi connectivity index (χ1v) is 6.90. The van der Waals surface area contributed by atoms with Gasteiger partial charge < -0.3 is 4.74 Å². The number of carbonyl (C=O) groups excluding carboxylic acids is 1. The van der Waals surface area contributed by atoms with Crippen molar-refractivity contribution in [3.63, 3.8) is 0 Å². The zero-order valence-corrected chi connectivity index (χ0v) is 12.3. The summed E-state index contributed by atoms with van der Waals surface area (Å²) in [7, 11) is 0. The van der Waals surface area contributed by atoms with Crippen molar-refractivity contribution in [1.29, 1.82) is 0 Å². The Morgan fingerprint density at radius 1 is 1.10 bits per heavy atom. The predicted octanol–water partition coefficient (Wildman–Crippen LogP) is 3.88. The quantitative estimate of drug-likeness (QED) is 0.518. The predicted molar refractivity (Wildman–Crippen MR) is 85.4 cm³/mol. The maximum Gasteiger partial charge on any atom is 0.370 e. The minimum atomic E-state index is -0.646. The van der Waals surface area contributed by atoms with Gasteiger partial charge in [0.2, 0.25) is 5.17 Å². The molecule has 0 aliphatic rings. The van der Waals surface area contributed by atoms with Crippen LogP contribution in [0.3, 0.4) is 0 Å². The smallest absolute Gasteiger partial charge is 0.370 e. The van der Waals surface area contributed by atoms with E-state index in [1.165, 1.54) is 0 Å². The van der Waals surface area contributed by atoms with Crippen LogP contribution in [0.1, 0.15) is 6.92 Å². The van der Waals surface area contributed by atoms with Crippen LogP contribution >= 0.6 is 11.6 Å². The largest absolute Gasteiger partial charge is 0.461 e. The average Bonchev–Trinajstić information content (AvgIpc) is 2.54. The monoisotopic (exact) mass is 302 g/mol. The highest BCUT2D eigenvalue weighted by Crippen LogP contribution is 2.20. The summed E-state index contributed by atoms with van der Waals surface area (Å²) in [5.41, 5.74) is 5.69. The van der Waals surface area contributed by atoms with Crippen molar-refractivity contribution in [2.75, 3.05) is 12.0 Å². The van der Waals surface area contributed by atoms with Gasteiger partial charge in [0.15, 0.2) is 0 Å². The molecular weight excluding hydrogens is 288 g/mol. The van der Waals surface area contributed by atoms with Crippen molar-refractivity contribution in [2.45, 2.75) is 6.92 Å². The Hall–Kier alpha value is -2.33. The first kappa shape index (κ1) is 15.1. The molecule has 0 atom stereocenters. The van der Waals surface area contributed by atoms with E-state index >= 15 is 0 Å². The van der Waals surface area contributed by atoms with Gasteiger partial charge in [0.25, 0.3) is 0 Å². The first-order chi connectivity index (χ1) is 10.2. The second-order valence-corrected chi connectivity index (χ2v) is 4.54. The van der Waals surface area contributed by atoms with Crippen molar-refractivity contribution in [2.24, 2.45) is 5.10 Å². The van der Waals surface area contributed by atoms with Gasteiger partial charge in [-0.1, -0.05) is 54.1 Å². The van der Waals surface area contributed by atoms with Crippen LogP contribution in [0.25, 0.3) is 11.1 Å². The normalized spacial score (nSPS) is 11.0. The number of carbonyl (C=O) groups is 1. The summed E-state index contributed by atoms with van der Waals surface area (Å²) < 4.78 is 4.73. The molecule has 0 saturated carbocycles. The number of ether oxygens (including phenoxy) is 1. The van der Waals surface area contributed by atoms with Gasteiger partial charge in [0.05, 0.1) is 12.3 Å². The molecule has 21 heavy (non-hydrogen) atoms. The summed E-state index contributed by atoms with van der Waals surface area (Å²) in [5.74, 6) is -0.646. The number of nitrogens with zero attached hydrogens (tertiary/aromatic N) is 1. The van der Waals surface area contributed by atoms with Crippen molar-refractivity contribution in [1.82, 2.24) is 0 Å². The zero-order valence-electron chi connectivity index (χ0n) is 11.5. The third-order valence-electron chi connectivity index (χ3n) is 2.72. The molecule has 0 radical (unpaired) electrons. The lowest BCUT2D eigenvalue weighted by Gasteiger charge is -2.04. The van der Waals surface area contributed by atoms with Gasteiger partial charge in [-0.05, 0) is 30.2 Å². The van der Waals surface area contributed by atoms with Crippen LogP contribution in [0, 0.1) is 0 Å². The van der Waals surface area contributed by atoms with Crippen molar-refractivity contribution in [3.05, 3.63) is 54.6 Å². The van der Waals surface area contributed by atoms with Crippen LogP contribution in [0.15, 0.2) is 59.7 Å². The van der Waals surface area contributed by atoms with E-state index in [0.29, 0.717) is 0 Å². The molecule has 0 fully saturated rings. The lowest BCUT2D eigenvalue weighted by Crippen LogP contribution is -2.13. The van der Waals surface area contributed by atoms with Crippen LogP contribution in [0.4, 0.5) is 5.69 Å². The minimum absolute atomic E-state index is 0.232. The lowest BCUT2D eigenvalue weighted by molar-refractivity contribution is -0.134. The molecule has 108 valence electrons. The molecule has 2 rings (SSSR count). The number of halogens is 1. The summed E-state index contributed by atoms with van der Waals surface area (Å²) in [4.78, 5) is 11.3. The van der Waals surface area contributed by atoms with E-state index in [0.717, 1.165) is 16.8 Å². The Morgan fingerprint density at radius 3 is 2.33 bits per heavy atom. The van der Waals surface area contributed by atoms with E-state index in [2.05, 4.69) is 10.5 Å². The molecule has 0 aromatic heterocycles. The standard InChI is InChI=1S/C16H15ClN2O2/c1-2-21-16(20)15(17)19-18-14-10-8-13(9-11-14)12-6-4-3-5-7-12/h3-11,18H,2H2,1H3/b19-15+. The highest BCUT2D eigenvalue weighted by Gasteiger charge is 2.08. The van der Waals surface area contributed by atoms with E-state index < -0.39 is 5.97 Å². The Kier molecular flexibility index (Phi) is 5.35. The molecule has 0 heterocycles. The summed E-state index contributed by atoms with van der Waals surface area (Å²) in [5, 5.41) is 3.54. The number of hydrazone groups is 1. The fraction of sp³-hybridized carbons (Fsp3) is 0.125. The fourth-order valence-corrected chi connectivity index (χ4v) is 1.81. The molecule has 2 aromatic rings. The molecule has 0 amide bonds. The Balaban J connectivity index is 2.03. The molecule has 0 saturated heterocycles. The molecule has 5 heteroatoms. The maximum atomic E-state index is 11.3. The highest BCUT2D eigenvalue weighted by atomic mass is 35.5. The number of esters is 1. The number of hydrogen-bond acceptors (Lipinski definition) is 4. The minimum Gasteiger partial charge on any atom is -0.461 e. The number of rotatable bonds is 5. The molecule has 4 nitrogen and oxygen atoms in total. The number of hydrogen-bond donors (Lipinski definition) is 1. The van der Waals surface area contributed by atoms with Crippen LogP contribution in [0.2, 0.25) is 0 Å². The lowest BCUT2D eigenvalue weighted by atomic mass is 10.1. The molecule has 0 aliphatic carbocycles. The summed E-state index contributed by atoms with van der Waals surface area (Å²) in [6.45, 7) is 1.97. The molecule has 0 spiro atoms. The molecular formula is C16H15ClN2O2. The van der Waals surface area contributed by atoms with Gasteiger partial charge in [-0.15, -0.1) is 0 Å². The second kappa shape index (κ2) is 7.45. The van der Waals surface area contributed by atoms with Crippen molar-refractivity contribution < 1.29 is 9.53 Å². The SMILES string of the molecule is CCOC(=O)/C(Cl)=N\Nc1ccc(-c2ccccc2)cc1. The van der Waals surface area contributed by atoms with Crippen LogP contribution in [-0.2, 0) is 9.53 Å². The zero-order chi connectivity index (χ0) is 15.1. The van der Waals surface area contributed by atoms with Crippen molar-refractivity contribution >= 4 is 28.4 Å². The van der Waals surface area contributed by atoms with Gasteiger partial charge in [-0.2, -0.15) is 5.10 Å². The van der Waals surface area contributed by atoms with E-state index in [4.69, 9.17) is 16.3 Å². The molecule has 0 unspecified atom stereocenters. The van der Waals surface area contributed by atoms with E-state index in [1.807, 2.05) is 54.6 Å². The first-order valence-electron chi connectivity index (χ1n) is 6.52. The van der Waals surface area contributed by atoms with Crippen LogP contribution < -0.4 is 5.43 Å². The van der Waals surface area contributed by atoms with Crippen LogP contribution in [-0.4, -0.2) is 17.7 Å². The van der Waals surface area contributed by atoms with Gasteiger partial charge in [-0.25, -0.2) is 4.79 Å². The summed E-state index contributed by atoms with van der Waals surface area (Å²) >= 11 is 5.70. The Labute approximate surface area is 128 Å². The van der Waals surface area contributed by atoms with Gasteiger partial charge in [0.1, 0.15) is 0 Å². The molecule has 1 N–H and O–H groups in total. The van der Waals surface area contributed by atoms with E-state index in [1.54, 1.807) is 6.92 Å². The molecule has 0 bridgehead atoms. The topological polar surface area (TPSA) is 50.7 Å². The maximum absolute atomic E-state index is 11.3.